The van der Waals surface area contributed by atoms with Gasteiger partial charge >= 0.3 is 5.97 Å². The average Bonchev–Trinajstić information content (AvgIpc) is 3.11. The Balaban J connectivity index is 1.55. The first-order chi connectivity index (χ1) is 24.1. The monoisotopic (exact) mass is 721 g/mol. The maximum absolute atomic E-state index is 13.7. The topological polar surface area (TPSA) is 124 Å². The summed E-state index contributed by atoms with van der Waals surface area (Å²) >= 11 is 13.2. The molecule has 1 aliphatic rings. The number of carboxylic acids is 1. The Labute approximate surface area is 302 Å². The van der Waals surface area contributed by atoms with Crippen LogP contribution < -0.4 is 24.6 Å². The number of ether oxygens (including phenoxy) is 3. The first-order valence-corrected chi connectivity index (χ1v) is 17.1. The van der Waals surface area contributed by atoms with E-state index in [1.54, 1.807) is 18.2 Å². The van der Waals surface area contributed by atoms with Crippen LogP contribution in [-0.4, -0.2) is 63.0 Å². The Bertz CT molecular complexity index is 1780. The number of aromatic nitrogens is 1. The number of benzene rings is 3. The molecule has 50 heavy (non-hydrogen) atoms. The summed E-state index contributed by atoms with van der Waals surface area (Å²) in [5.74, 6) is -1.22. The minimum Gasteiger partial charge on any atom is -0.545 e. The Morgan fingerprint density at radius 3 is 2.28 bits per heavy atom. The van der Waals surface area contributed by atoms with Gasteiger partial charge < -0.3 is 29.0 Å². The van der Waals surface area contributed by atoms with E-state index in [9.17, 15) is 19.9 Å². The smallest absolute Gasteiger partial charge is 0.327 e. The van der Waals surface area contributed by atoms with Crippen molar-refractivity contribution in [1.82, 2.24) is 10.2 Å². The largest absolute Gasteiger partial charge is 0.545 e. The van der Waals surface area contributed by atoms with Crippen LogP contribution in [0.25, 0.3) is 0 Å². The third-order valence-electron chi connectivity index (χ3n) is 9.22. The summed E-state index contributed by atoms with van der Waals surface area (Å²) in [6, 6.07) is 18.7. The van der Waals surface area contributed by atoms with Crippen molar-refractivity contribution >= 4 is 35.1 Å². The second-order valence-corrected chi connectivity index (χ2v) is 13.3. The second kappa shape index (κ2) is 17.0. The molecule has 1 saturated heterocycles. The summed E-state index contributed by atoms with van der Waals surface area (Å²) in [5, 5.41) is 26.5. The summed E-state index contributed by atoms with van der Waals surface area (Å²) < 4.78 is 17.7. The highest BCUT2D eigenvalue weighted by Gasteiger charge is 2.29. The number of hydrogen-bond acceptors (Lipinski definition) is 9. The van der Waals surface area contributed by atoms with Crippen molar-refractivity contribution in [1.29, 1.82) is 0 Å². The maximum Gasteiger partial charge on any atom is 0.327 e. The van der Waals surface area contributed by atoms with Crippen LogP contribution in [0.1, 0.15) is 63.0 Å². The van der Waals surface area contributed by atoms with E-state index in [1.807, 2.05) is 42.5 Å². The predicted octanol–water partition coefficient (Wildman–Crippen LogP) is 4.99. The van der Waals surface area contributed by atoms with Gasteiger partial charge in [-0.2, -0.15) is 0 Å². The van der Waals surface area contributed by atoms with Gasteiger partial charge in [-0.25, -0.2) is 4.79 Å². The predicted molar refractivity (Wildman–Crippen MR) is 187 cm³/mol. The van der Waals surface area contributed by atoms with E-state index in [2.05, 4.69) is 17.3 Å². The lowest BCUT2D eigenvalue weighted by Crippen LogP contribution is -2.35. The fraction of sp³-hybridized carbons (Fsp3) is 0.342. The summed E-state index contributed by atoms with van der Waals surface area (Å²) in [6.07, 6.45) is 4.67. The molecule has 0 bridgehead atoms. The molecule has 2 heterocycles. The highest BCUT2D eigenvalue weighted by atomic mass is 35.5. The normalized spacial score (nSPS) is 14.9. The number of esters is 1. The van der Waals surface area contributed by atoms with E-state index in [-0.39, 0.29) is 34.5 Å². The zero-order chi connectivity index (χ0) is 35.8. The molecule has 0 aliphatic carbocycles. The Morgan fingerprint density at radius 2 is 1.64 bits per heavy atom. The molecule has 1 unspecified atom stereocenters. The number of halogens is 2. The fourth-order valence-electron chi connectivity index (χ4n) is 6.46. The number of likely N-dealkylation sites (tertiary alicyclic amines) is 1. The molecule has 5 rings (SSSR count). The minimum absolute atomic E-state index is 0.0365. The lowest BCUT2D eigenvalue weighted by molar-refractivity contribution is -0.904. The minimum atomic E-state index is -1.37. The van der Waals surface area contributed by atoms with Crippen LogP contribution >= 0.6 is 23.2 Å². The number of piperidine rings is 1. The zero-order valence-corrected chi connectivity index (χ0v) is 29.7. The van der Waals surface area contributed by atoms with E-state index < -0.39 is 23.9 Å². The van der Waals surface area contributed by atoms with Gasteiger partial charge in [0.15, 0.2) is 11.5 Å². The Morgan fingerprint density at radius 1 is 0.960 bits per heavy atom. The van der Waals surface area contributed by atoms with Gasteiger partial charge in [0.2, 0.25) is 12.4 Å². The Hall–Kier alpha value is -4.35. The summed E-state index contributed by atoms with van der Waals surface area (Å²) in [5.41, 5.74) is 2.90. The zero-order valence-electron chi connectivity index (χ0n) is 28.2. The summed E-state index contributed by atoms with van der Waals surface area (Å²) in [6.45, 7) is 2.36. The van der Waals surface area contributed by atoms with Crippen molar-refractivity contribution in [2.45, 2.75) is 37.8 Å². The van der Waals surface area contributed by atoms with E-state index in [1.165, 1.54) is 32.7 Å². The highest BCUT2D eigenvalue weighted by molar-refractivity contribution is 6.35. The van der Waals surface area contributed by atoms with Gasteiger partial charge in [0, 0.05) is 28.3 Å². The standard InChI is InChI=1S/C38H41Cl2N3O7/c1-42-16-14-24(15-17-42)23-50-38(46)36(25-8-5-4-6-9-25)41-20-27-10-7-11-28(37(44)45)35(27)29(19-30-31(39)21-43(47)22-32(30)40)26-12-13-33(48-2)34(18-26)49-3/h4-13,18,21-22,24,29,36,41H,14-17,19-20,23H2,1-3H3,(H-,44,45,47)/t29-,36?/m0/s1. The number of nitrogens with zero attached hydrogens (tertiary/aromatic N) is 2. The van der Waals surface area contributed by atoms with Gasteiger partial charge in [-0.15, -0.1) is 0 Å². The van der Waals surface area contributed by atoms with Crippen LogP contribution in [0, 0.1) is 5.92 Å². The van der Waals surface area contributed by atoms with Crippen LogP contribution in [0.15, 0.2) is 79.1 Å². The fourth-order valence-corrected chi connectivity index (χ4v) is 7.06. The van der Waals surface area contributed by atoms with Crippen LogP contribution in [0.2, 0.25) is 10.0 Å². The van der Waals surface area contributed by atoms with E-state index in [0.29, 0.717) is 40.4 Å². The van der Waals surface area contributed by atoms with Crippen molar-refractivity contribution in [3.8, 4) is 11.5 Å². The molecule has 0 saturated carbocycles. The van der Waals surface area contributed by atoms with Gasteiger partial charge in [-0.3, -0.25) is 10.5 Å². The van der Waals surface area contributed by atoms with Crippen molar-refractivity contribution in [2.24, 2.45) is 5.92 Å². The van der Waals surface area contributed by atoms with E-state index in [4.69, 9.17) is 37.4 Å². The molecule has 3 aromatic carbocycles. The molecule has 0 amide bonds. The molecule has 1 aromatic heterocycles. The number of hydrogen-bond donors (Lipinski definition) is 2. The number of methoxy groups -OCH3 is 2. The third-order valence-corrected chi connectivity index (χ3v) is 9.87. The lowest BCUT2D eigenvalue weighted by Gasteiger charge is -2.29. The van der Waals surface area contributed by atoms with Crippen LogP contribution in [-0.2, 0) is 22.5 Å². The number of pyridine rings is 1. The van der Waals surface area contributed by atoms with Crippen molar-refractivity contribution < 1.29 is 38.8 Å². The quantitative estimate of drug-likeness (QED) is 0.105. The third kappa shape index (κ3) is 8.86. The average molecular weight is 723 g/mol. The molecule has 0 radical (unpaired) electrons. The molecule has 0 spiro atoms. The van der Waals surface area contributed by atoms with Crippen LogP contribution in [0.4, 0.5) is 0 Å². The lowest BCUT2D eigenvalue weighted by atomic mass is 9.80. The molecular formula is C38H41Cl2N3O7. The molecule has 4 aromatic rings. The second-order valence-electron chi connectivity index (χ2n) is 12.5. The SMILES string of the molecule is COc1ccc([C@H](Cc2c(Cl)c[n+](O)cc2Cl)c2c(CNC(C(=O)OCC3CCN(C)CC3)c3ccccc3)cccc2C(=O)[O-])cc1OC. The number of carbonyl (C=O) groups excluding carboxylic acids is 2. The van der Waals surface area contributed by atoms with Crippen LogP contribution in [0.5, 0.6) is 11.5 Å². The molecule has 2 atom stereocenters. The van der Waals surface area contributed by atoms with E-state index >= 15 is 0 Å². The van der Waals surface area contributed by atoms with Crippen LogP contribution in [0.3, 0.4) is 0 Å². The van der Waals surface area contributed by atoms with Crippen molar-refractivity contribution in [3.05, 3.63) is 123 Å². The van der Waals surface area contributed by atoms with Crippen molar-refractivity contribution in [3.63, 3.8) is 0 Å². The first kappa shape index (κ1) is 36.9. The van der Waals surface area contributed by atoms with E-state index in [0.717, 1.165) is 36.2 Å². The summed E-state index contributed by atoms with van der Waals surface area (Å²) in [7, 11) is 5.13. The number of aromatic carboxylic acids is 1. The molecule has 12 heteroatoms. The first-order valence-electron chi connectivity index (χ1n) is 16.4. The summed E-state index contributed by atoms with van der Waals surface area (Å²) in [4.78, 5) is 28.7. The number of carboxylic acid groups (broad SMARTS) is 1. The molecule has 264 valence electrons. The van der Waals surface area contributed by atoms with Gasteiger partial charge in [-0.1, -0.05) is 77.8 Å². The number of carbonyl (C=O) groups is 2. The molecule has 10 nitrogen and oxygen atoms in total. The van der Waals surface area contributed by atoms with Gasteiger partial charge in [0.05, 0.1) is 26.8 Å². The molecule has 2 N–H and O–H groups in total. The maximum atomic E-state index is 13.7. The molecule has 1 fully saturated rings. The highest BCUT2D eigenvalue weighted by Crippen LogP contribution is 2.40. The van der Waals surface area contributed by atoms with Gasteiger partial charge in [0.25, 0.3) is 0 Å². The van der Waals surface area contributed by atoms with Gasteiger partial charge in [-0.05, 0) is 79.7 Å². The Kier molecular flexibility index (Phi) is 12.6. The molecule has 1 aliphatic heterocycles. The number of rotatable bonds is 14. The molecular weight excluding hydrogens is 681 g/mol. The van der Waals surface area contributed by atoms with Crippen molar-refractivity contribution in [2.75, 3.05) is 41.0 Å². The number of nitrogens with one attached hydrogen (secondary N) is 1. The van der Waals surface area contributed by atoms with Gasteiger partial charge in [0.1, 0.15) is 16.1 Å².